The van der Waals surface area contributed by atoms with Crippen molar-refractivity contribution in [2.24, 2.45) is 35.5 Å². The minimum atomic E-state index is -2.43. The number of ether oxygens (including phenoxy) is 5. The van der Waals surface area contributed by atoms with Crippen molar-refractivity contribution in [2.45, 2.75) is 180 Å². The van der Waals surface area contributed by atoms with Crippen LogP contribution in [0.1, 0.15) is 132 Å². The van der Waals surface area contributed by atoms with Crippen LogP contribution in [0.25, 0.3) is 0 Å². The Morgan fingerprint density at radius 1 is 0.884 bits per heavy atom. The van der Waals surface area contributed by atoms with Crippen LogP contribution in [-0.4, -0.2) is 141 Å². The molecule has 2 bridgehead atoms. The summed E-state index contributed by atoms with van der Waals surface area (Å²) in [6.07, 6.45) is 13.9. The minimum absolute atomic E-state index is 0.0170. The number of hydrogen-bond donors (Lipinski definition) is 2. The summed E-state index contributed by atoms with van der Waals surface area (Å²) in [5.74, 6) is -7.92. The lowest BCUT2D eigenvalue weighted by molar-refractivity contribution is -0.265. The van der Waals surface area contributed by atoms with E-state index in [0.717, 1.165) is 18.4 Å². The number of Topliss-reactive ketones (excluding diaryl/α,β-unsaturated/α-hetero) is 3. The predicted molar refractivity (Wildman–Crippen MR) is 256 cm³/mol. The summed E-state index contributed by atoms with van der Waals surface area (Å²) in [6, 6.07) is -1.19. The fourth-order valence-corrected chi connectivity index (χ4v) is 10.7. The van der Waals surface area contributed by atoms with Crippen LogP contribution in [0.3, 0.4) is 0 Å². The van der Waals surface area contributed by atoms with Crippen molar-refractivity contribution >= 4 is 29.2 Å². The largest absolute Gasteiger partial charge is 0.460 e. The van der Waals surface area contributed by atoms with Crippen molar-refractivity contribution in [3.8, 4) is 0 Å². The second-order valence-electron chi connectivity index (χ2n) is 20.4. The normalized spacial score (nSPS) is 38.8. The molecular weight excluding hydrogens is 887 g/mol. The molecule has 2 unspecified atom stereocenters. The number of carbonyl (C=O) groups is 5. The van der Waals surface area contributed by atoms with E-state index in [-0.39, 0.29) is 60.9 Å². The zero-order chi connectivity index (χ0) is 50.6. The summed E-state index contributed by atoms with van der Waals surface area (Å²) in [4.78, 5) is 72.3. The first-order valence-corrected chi connectivity index (χ1v) is 25.0. The number of aromatic nitrogens is 4. The SMILES string of the molecule is COC1C[C@@H]2CC[C@@H](C)[C@@](O)(O2)C(=O)C(=O)N2CCCC[C@H]2C(=O)O[C@H]([C@H](C)CC2CC[C@H](n3cnnn3)[C@H](OC)C2)CC(=O)[C@H](C)/C=C(\C)[C@@H](O)[C@@H](OC)C(=O)[C@@H](C)C[C@H](C)/C=C/C=C/C=C/1C. The van der Waals surface area contributed by atoms with Gasteiger partial charge >= 0.3 is 5.97 Å². The van der Waals surface area contributed by atoms with Gasteiger partial charge in [0.1, 0.15) is 36.5 Å². The Balaban J connectivity index is 1.46. The number of rotatable bonds is 7. The van der Waals surface area contributed by atoms with E-state index in [1.165, 1.54) is 12.0 Å². The van der Waals surface area contributed by atoms with E-state index >= 15 is 0 Å². The Bertz CT molecular complexity index is 2020. The van der Waals surface area contributed by atoms with Crippen LogP contribution in [0.2, 0.25) is 0 Å². The van der Waals surface area contributed by atoms with E-state index in [4.69, 9.17) is 23.7 Å². The molecule has 3 aliphatic heterocycles. The van der Waals surface area contributed by atoms with Gasteiger partial charge in [-0.1, -0.05) is 71.1 Å². The molecule has 384 valence electrons. The van der Waals surface area contributed by atoms with Crippen molar-refractivity contribution < 1.29 is 57.9 Å². The van der Waals surface area contributed by atoms with Gasteiger partial charge in [-0.15, -0.1) is 5.10 Å². The molecule has 1 aromatic rings. The number of cyclic esters (lactones) is 1. The van der Waals surface area contributed by atoms with Gasteiger partial charge in [-0.3, -0.25) is 19.2 Å². The number of aliphatic hydroxyl groups excluding tert-OH is 1. The summed E-state index contributed by atoms with van der Waals surface area (Å²) in [5, 5.41) is 35.2. The van der Waals surface area contributed by atoms with E-state index in [2.05, 4.69) is 15.5 Å². The third kappa shape index (κ3) is 14.2. The molecule has 0 aromatic carbocycles. The molecule has 17 heteroatoms. The summed E-state index contributed by atoms with van der Waals surface area (Å²) in [5.41, 5.74) is 1.27. The Morgan fingerprint density at radius 3 is 2.32 bits per heavy atom. The van der Waals surface area contributed by atoms with Gasteiger partial charge in [0.25, 0.3) is 11.7 Å². The van der Waals surface area contributed by atoms with Gasteiger partial charge in [-0.25, -0.2) is 9.48 Å². The Morgan fingerprint density at radius 2 is 1.64 bits per heavy atom. The van der Waals surface area contributed by atoms with Gasteiger partial charge in [0, 0.05) is 58.5 Å². The number of esters is 1. The zero-order valence-corrected chi connectivity index (χ0v) is 42.5. The monoisotopic (exact) mass is 966 g/mol. The average Bonchev–Trinajstić information content (AvgIpc) is 3.88. The molecule has 1 aromatic heterocycles. The number of fused-ring (bicyclic) bond motifs is 3. The molecule has 15 atom stereocenters. The topological polar surface area (TPSA) is 219 Å². The number of aliphatic hydroxyl groups is 2. The quantitative estimate of drug-likeness (QED) is 0.181. The maximum atomic E-state index is 14.5. The first kappa shape index (κ1) is 55.7. The van der Waals surface area contributed by atoms with Gasteiger partial charge in [0.05, 0.1) is 24.4 Å². The lowest BCUT2D eigenvalue weighted by Crippen LogP contribution is -2.61. The molecule has 3 fully saturated rings. The second kappa shape index (κ2) is 25.7. The fourth-order valence-electron chi connectivity index (χ4n) is 10.7. The third-order valence-electron chi connectivity index (χ3n) is 15.2. The van der Waals surface area contributed by atoms with E-state index < -0.39 is 77.8 Å². The number of allylic oxidation sites excluding steroid dienone is 6. The van der Waals surface area contributed by atoms with Crippen LogP contribution >= 0.6 is 0 Å². The van der Waals surface area contributed by atoms with Crippen molar-refractivity contribution in [1.82, 2.24) is 25.1 Å². The lowest BCUT2D eigenvalue weighted by atomic mass is 9.77. The van der Waals surface area contributed by atoms with E-state index in [1.54, 1.807) is 52.1 Å². The van der Waals surface area contributed by atoms with Crippen molar-refractivity contribution in [3.63, 3.8) is 0 Å². The molecule has 69 heavy (non-hydrogen) atoms. The number of carbonyl (C=O) groups excluding carboxylic acids is 5. The number of hydrogen-bond acceptors (Lipinski definition) is 15. The van der Waals surface area contributed by atoms with Crippen molar-refractivity contribution in [1.29, 1.82) is 0 Å². The number of methoxy groups -OCH3 is 3. The van der Waals surface area contributed by atoms with Gasteiger partial charge in [-0.05, 0) is 117 Å². The van der Waals surface area contributed by atoms with Crippen molar-refractivity contribution in [3.05, 3.63) is 53.9 Å². The van der Waals surface area contributed by atoms with Crippen LogP contribution in [0.4, 0.5) is 0 Å². The highest BCUT2D eigenvalue weighted by Crippen LogP contribution is 2.39. The molecule has 1 aliphatic carbocycles. The fraction of sp³-hybridized carbons (Fsp3) is 0.731. The molecule has 17 nitrogen and oxygen atoms in total. The van der Waals surface area contributed by atoms with E-state index in [9.17, 15) is 34.2 Å². The Labute approximate surface area is 408 Å². The van der Waals surface area contributed by atoms with Crippen LogP contribution < -0.4 is 0 Å². The molecule has 2 saturated heterocycles. The highest BCUT2D eigenvalue weighted by atomic mass is 16.6. The molecule has 4 aliphatic rings. The number of piperidine rings is 1. The summed E-state index contributed by atoms with van der Waals surface area (Å²) in [6.45, 7) is 12.8. The van der Waals surface area contributed by atoms with Crippen LogP contribution in [0.5, 0.6) is 0 Å². The smallest absolute Gasteiger partial charge is 0.329 e. The summed E-state index contributed by atoms with van der Waals surface area (Å²) in [7, 11) is 4.62. The van der Waals surface area contributed by atoms with Gasteiger partial charge in [-0.2, -0.15) is 0 Å². The highest BCUT2D eigenvalue weighted by Gasteiger charge is 2.53. The second-order valence-corrected chi connectivity index (χ2v) is 20.4. The predicted octanol–water partition coefficient (Wildman–Crippen LogP) is 6.05. The van der Waals surface area contributed by atoms with Crippen LogP contribution in [0, 0.1) is 35.5 Å². The molecule has 2 N–H and O–H groups in total. The summed E-state index contributed by atoms with van der Waals surface area (Å²) >= 11 is 0. The first-order chi connectivity index (χ1) is 32.8. The number of nitrogens with zero attached hydrogens (tertiary/aromatic N) is 5. The van der Waals surface area contributed by atoms with Gasteiger partial charge in [0.15, 0.2) is 5.78 Å². The number of amides is 1. The minimum Gasteiger partial charge on any atom is -0.460 e. The molecule has 4 heterocycles. The van der Waals surface area contributed by atoms with Crippen LogP contribution in [0.15, 0.2) is 53.9 Å². The van der Waals surface area contributed by atoms with E-state index in [1.807, 2.05) is 58.1 Å². The molecule has 1 amide bonds. The van der Waals surface area contributed by atoms with Gasteiger partial charge < -0.3 is 38.8 Å². The molecule has 5 rings (SSSR count). The van der Waals surface area contributed by atoms with E-state index in [0.29, 0.717) is 56.9 Å². The zero-order valence-electron chi connectivity index (χ0n) is 42.5. The number of ketones is 3. The molecule has 0 radical (unpaired) electrons. The average molecular weight is 966 g/mol. The molecule has 0 spiro atoms. The standard InChI is InChI=1S/C52H79N5O12/c1-31-16-12-11-13-17-32(2)43(65-8)28-39-21-19-37(7)52(64,69-39)49(61)50(62)56-23-15-14-18-41(56)51(63)68-44(34(4)26-38-20-22-40(45(27-38)66-9)57-30-53-54-55-57)29-42(58)33(3)25-36(6)47(60)48(67-10)46(59)35(5)24-31/h11-13,16-17,25,30-31,33-35,37-41,43-45,47-48,60,64H,14-15,18-24,26-29H2,1-10H3/b13-11+,16-12+,32-17+,36-25+/t31-,33-,34-,35+,37-,38?,39+,40+,41+,43?,44+,45-,47-,48+,52-/m1/s1. The first-order valence-electron chi connectivity index (χ1n) is 25.0. The van der Waals surface area contributed by atoms with Crippen molar-refractivity contribution in [2.75, 3.05) is 27.9 Å². The van der Waals surface area contributed by atoms with Crippen LogP contribution in [-0.2, 0) is 47.7 Å². The Hall–Kier alpha value is -4.26. The van der Waals surface area contributed by atoms with Gasteiger partial charge in [0.2, 0.25) is 5.79 Å². The molecule has 1 saturated carbocycles. The maximum Gasteiger partial charge on any atom is 0.329 e. The third-order valence-corrected chi connectivity index (χ3v) is 15.2. The molecular formula is C52H79N5O12. The summed E-state index contributed by atoms with van der Waals surface area (Å²) < 4.78 is 31.6. The lowest BCUT2D eigenvalue weighted by Gasteiger charge is -2.42. The highest BCUT2D eigenvalue weighted by molar-refractivity contribution is 6.39. The maximum absolute atomic E-state index is 14.5. The Kier molecular flexibility index (Phi) is 20.8. The number of tetrazole rings is 1.